The standard InChI is InChI=1S/C10H18O4.2CH4/c1-4-7-9(8-14-13-6-3)10(11)12-5-2;;/h4,9H,1,5-8H2,2-3H3;2*1H4. The highest BCUT2D eigenvalue weighted by molar-refractivity contribution is 5.72. The van der Waals surface area contributed by atoms with Crippen LogP contribution in [0.15, 0.2) is 12.7 Å². The summed E-state index contributed by atoms with van der Waals surface area (Å²) >= 11 is 0. The Balaban J connectivity index is -0.000000845. The molecule has 0 fully saturated rings. The molecule has 0 saturated carbocycles. The Kier molecular flexibility index (Phi) is 18.1. The van der Waals surface area contributed by atoms with Gasteiger partial charge in [0.25, 0.3) is 0 Å². The van der Waals surface area contributed by atoms with Gasteiger partial charge in [0.05, 0.1) is 25.7 Å². The summed E-state index contributed by atoms with van der Waals surface area (Å²) in [5.41, 5.74) is 0. The molecule has 0 aliphatic rings. The van der Waals surface area contributed by atoms with Crippen molar-refractivity contribution in [2.24, 2.45) is 5.92 Å². The van der Waals surface area contributed by atoms with Crippen LogP contribution < -0.4 is 0 Å². The van der Waals surface area contributed by atoms with Gasteiger partial charge in [-0.15, -0.1) is 6.58 Å². The smallest absolute Gasteiger partial charge is 0.311 e. The lowest BCUT2D eigenvalue weighted by Gasteiger charge is -2.12. The molecule has 0 radical (unpaired) electrons. The molecule has 0 aromatic rings. The highest BCUT2D eigenvalue weighted by Crippen LogP contribution is 2.07. The third kappa shape index (κ3) is 9.68. The summed E-state index contributed by atoms with van der Waals surface area (Å²) in [7, 11) is 0. The van der Waals surface area contributed by atoms with Gasteiger partial charge in [0.2, 0.25) is 0 Å². The third-order valence-electron chi connectivity index (χ3n) is 1.54. The Hall–Kier alpha value is -0.870. The van der Waals surface area contributed by atoms with Crippen molar-refractivity contribution in [3.8, 4) is 0 Å². The molecule has 0 rings (SSSR count). The Labute approximate surface area is 99.5 Å². The van der Waals surface area contributed by atoms with E-state index < -0.39 is 0 Å². The molecule has 4 heteroatoms. The predicted octanol–water partition coefficient (Wildman–Crippen LogP) is 2.98. The molecule has 0 saturated heterocycles. The molecular weight excluding hydrogens is 208 g/mol. The first-order valence-corrected chi connectivity index (χ1v) is 4.78. The second-order valence-corrected chi connectivity index (χ2v) is 2.66. The van der Waals surface area contributed by atoms with Gasteiger partial charge in [-0.25, -0.2) is 9.78 Å². The molecule has 0 aliphatic heterocycles. The van der Waals surface area contributed by atoms with Crippen LogP contribution in [0.25, 0.3) is 0 Å². The van der Waals surface area contributed by atoms with E-state index in [-0.39, 0.29) is 33.3 Å². The zero-order valence-electron chi connectivity index (χ0n) is 8.82. The van der Waals surface area contributed by atoms with Gasteiger partial charge < -0.3 is 4.74 Å². The van der Waals surface area contributed by atoms with Crippen LogP contribution in [0.1, 0.15) is 35.1 Å². The fraction of sp³-hybridized carbons (Fsp3) is 0.750. The van der Waals surface area contributed by atoms with E-state index in [1.165, 1.54) is 0 Å². The SMILES string of the molecule is C.C.C=CCC(COOCC)C(=O)OCC. The molecule has 1 atom stereocenters. The van der Waals surface area contributed by atoms with Gasteiger partial charge in [0, 0.05) is 0 Å². The van der Waals surface area contributed by atoms with Crippen LogP contribution >= 0.6 is 0 Å². The summed E-state index contributed by atoms with van der Waals surface area (Å²) in [4.78, 5) is 20.8. The Morgan fingerprint density at radius 1 is 1.25 bits per heavy atom. The molecule has 0 aromatic carbocycles. The van der Waals surface area contributed by atoms with Gasteiger partial charge in [-0.05, 0) is 20.3 Å². The molecule has 0 heterocycles. The maximum absolute atomic E-state index is 11.3. The summed E-state index contributed by atoms with van der Waals surface area (Å²) in [6.45, 7) is 8.19. The molecule has 0 bridgehead atoms. The molecule has 0 amide bonds. The first-order valence-electron chi connectivity index (χ1n) is 4.78. The van der Waals surface area contributed by atoms with Crippen molar-refractivity contribution in [3.63, 3.8) is 0 Å². The fourth-order valence-electron chi connectivity index (χ4n) is 0.907. The molecule has 98 valence electrons. The normalized spacial score (nSPS) is 10.6. The number of hydrogen-bond donors (Lipinski definition) is 0. The zero-order chi connectivity index (χ0) is 10.8. The van der Waals surface area contributed by atoms with Crippen molar-refractivity contribution >= 4 is 5.97 Å². The minimum Gasteiger partial charge on any atom is -0.466 e. The lowest BCUT2D eigenvalue weighted by molar-refractivity contribution is -0.297. The Morgan fingerprint density at radius 3 is 2.31 bits per heavy atom. The largest absolute Gasteiger partial charge is 0.466 e. The van der Waals surface area contributed by atoms with Crippen molar-refractivity contribution in [2.45, 2.75) is 35.1 Å². The van der Waals surface area contributed by atoms with Gasteiger partial charge in [-0.2, -0.15) is 0 Å². The van der Waals surface area contributed by atoms with Gasteiger partial charge >= 0.3 is 5.97 Å². The van der Waals surface area contributed by atoms with E-state index in [2.05, 4.69) is 6.58 Å². The fourth-order valence-corrected chi connectivity index (χ4v) is 0.907. The number of ether oxygens (including phenoxy) is 1. The number of carbonyl (C=O) groups excluding carboxylic acids is 1. The number of allylic oxidation sites excluding steroid dienone is 1. The van der Waals surface area contributed by atoms with Crippen LogP contribution in [0.5, 0.6) is 0 Å². The zero-order valence-corrected chi connectivity index (χ0v) is 8.82. The average molecular weight is 234 g/mol. The van der Waals surface area contributed by atoms with E-state index in [0.29, 0.717) is 19.6 Å². The lowest BCUT2D eigenvalue weighted by Crippen LogP contribution is -2.22. The maximum atomic E-state index is 11.3. The topological polar surface area (TPSA) is 44.8 Å². The maximum Gasteiger partial charge on any atom is 0.311 e. The van der Waals surface area contributed by atoms with Gasteiger partial charge in [0.1, 0.15) is 0 Å². The van der Waals surface area contributed by atoms with Crippen LogP contribution in [0.3, 0.4) is 0 Å². The van der Waals surface area contributed by atoms with E-state index in [9.17, 15) is 4.79 Å². The molecule has 0 aliphatic carbocycles. The van der Waals surface area contributed by atoms with Crippen LogP contribution in [0, 0.1) is 5.92 Å². The van der Waals surface area contributed by atoms with Gasteiger partial charge in [-0.1, -0.05) is 20.9 Å². The van der Waals surface area contributed by atoms with E-state index in [4.69, 9.17) is 14.5 Å². The van der Waals surface area contributed by atoms with Crippen molar-refractivity contribution < 1.29 is 19.3 Å². The number of hydrogen-bond acceptors (Lipinski definition) is 4. The van der Waals surface area contributed by atoms with Crippen molar-refractivity contribution in [1.29, 1.82) is 0 Å². The monoisotopic (exact) mass is 234 g/mol. The second kappa shape index (κ2) is 14.1. The summed E-state index contributed by atoms with van der Waals surface area (Å²) in [5.74, 6) is -0.592. The summed E-state index contributed by atoms with van der Waals surface area (Å²) in [5, 5.41) is 0. The molecule has 0 aromatic heterocycles. The minimum atomic E-state index is -0.320. The highest BCUT2D eigenvalue weighted by atomic mass is 17.2. The third-order valence-corrected chi connectivity index (χ3v) is 1.54. The van der Waals surface area contributed by atoms with Gasteiger partial charge in [-0.3, -0.25) is 4.79 Å². The lowest BCUT2D eigenvalue weighted by atomic mass is 10.1. The van der Waals surface area contributed by atoms with Crippen LogP contribution in [-0.2, 0) is 19.3 Å². The highest BCUT2D eigenvalue weighted by Gasteiger charge is 2.18. The molecule has 0 spiro atoms. The van der Waals surface area contributed by atoms with Crippen molar-refractivity contribution in [3.05, 3.63) is 12.7 Å². The number of rotatable bonds is 8. The van der Waals surface area contributed by atoms with E-state index >= 15 is 0 Å². The van der Waals surface area contributed by atoms with E-state index in [1.807, 2.05) is 6.92 Å². The quantitative estimate of drug-likeness (QED) is 0.213. The van der Waals surface area contributed by atoms with Crippen molar-refractivity contribution in [1.82, 2.24) is 0 Å². The Morgan fingerprint density at radius 2 is 1.88 bits per heavy atom. The first kappa shape index (κ1) is 20.5. The van der Waals surface area contributed by atoms with E-state index in [1.54, 1.807) is 13.0 Å². The number of esters is 1. The van der Waals surface area contributed by atoms with Crippen LogP contribution in [0.2, 0.25) is 0 Å². The molecular formula is C12H26O4. The van der Waals surface area contributed by atoms with Gasteiger partial charge in [0.15, 0.2) is 0 Å². The van der Waals surface area contributed by atoms with Crippen LogP contribution in [0.4, 0.5) is 0 Å². The summed E-state index contributed by atoms with van der Waals surface area (Å²) < 4.78 is 4.86. The van der Waals surface area contributed by atoms with Crippen LogP contribution in [-0.4, -0.2) is 25.8 Å². The number of carbonyl (C=O) groups is 1. The molecule has 1 unspecified atom stereocenters. The summed E-state index contributed by atoms with van der Waals surface area (Å²) in [6, 6.07) is 0. The van der Waals surface area contributed by atoms with Crippen molar-refractivity contribution in [2.75, 3.05) is 19.8 Å². The predicted molar refractivity (Wildman–Crippen MR) is 66.0 cm³/mol. The summed E-state index contributed by atoms with van der Waals surface area (Å²) in [6.07, 6.45) is 2.20. The minimum absolute atomic E-state index is 0. The molecule has 4 nitrogen and oxygen atoms in total. The Bertz CT molecular complexity index is 168. The molecule has 16 heavy (non-hydrogen) atoms. The molecule has 0 N–H and O–H groups in total. The second-order valence-electron chi connectivity index (χ2n) is 2.66. The average Bonchev–Trinajstić information content (AvgIpc) is 2.17. The van der Waals surface area contributed by atoms with E-state index in [0.717, 1.165) is 0 Å². The first-order chi connectivity index (χ1) is 6.76.